The van der Waals surface area contributed by atoms with Gasteiger partial charge < -0.3 is 9.80 Å². The van der Waals surface area contributed by atoms with Crippen molar-refractivity contribution in [2.75, 3.05) is 31.1 Å². The molecule has 1 aliphatic heterocycles. The second kappa shape index (κ2) is 6.85. The van der Waals surface area contributed by atoms with Crippen molar-refractivity contribution in [3.8, 4) is 0 Å². The smallest absolute Gasteiger partial charge is 0.227 e. The summed E-state index contributed by atoms with van der Waals surface area (Å²) < 4.78 is 15.6. The quantitative estimate of drug-likeness (QED) is 0.693. The van der Waals surface area contributed by atoms with E-state index in [1.165, 1.54) is 6.07 Å². The van der Waals surface area contributed by atoms with Gasteiger partial charge in [-0.05, 0) is 36.6 Å². The largest absolute Gasteiger partial charge is 0.352 e. The van der Waals surface area contributed by atoms with E-state index in [1.54, 1.807) is 23.1 Å². The van der Waals surface area contributed by atoms with Crippen LogP contribution in [0.25, 0.3) is 5.65 Å². The second-order valence-corrected chi connectivity index (χ2v) is 7.43. The molecule has 8 heteroatoms. The monoisotopic (exact) mass is 380 g/mol. The van der Waals surface area contributed by atoms with Gasteiger partial charge in [-0.3, -0.25) is 4.79 Å². The molecule has 2 aliphatic rings. The predicted molar refractivity (Wildman–Crippen MR) is 102 cm³/mol. The third-order valence-electron chi connectivity index (χ3n) is 5.47. The van der Waals surface area contributed by atoms with E-state index in [0.29, 0.717) is 37.7 Å². The molecule has 0 unspecified atom stereocenters. The van der Waals surface area contributed by atoms with Crippen molar-refractivity contribution in [2.24, 2.45) is 0 Å². The zero-order chi connectivity index (χ0) is 19.1. The second-order valence-electron chi connectivity index (χ2n) is 7.43. The van der Waals surface area contributed by atoms with E-state index in [4.69, 9.17) is 5.10 Å². The molecule has 0 N–H and O–H groups in total. The van der Waals surface area contributed by atoms with Crippen LogP contribution in [-0.4, -0.2) is 56.8 Å². The molecule has 28 heavy (non-hydrogen) atoms. The molecule has 1 saturated carbocycles. The zero-order valence-corrected chi connectivity index (χ0v) is 15.5. The maximum atomic E-state index is 13.8. The molecule has 3 heterocycles. The van der Waals surface area contributed by atoms with Crippen molar-refractivity contribution in [3.63, 3.8) is 0 Å². The van der Waals surface area contributed by atoms with E-state index >= 15 is 0 Å². The molecule has 144 valence electrons. The van der Waals surface area contributed by atoms with Crippen LogP contribution in [0.2, 0.25) is 0 Å². The number of carbonyl (C=O) groups excluding carboxylic acids is 1. The standard InChI is InChI=1S/C20H21FN6O/c21-16-4-2-1-3-15(16)13-19(28)26-11-9-25(10-12-26)18-8-7-17-22-23-20(14-5-6-14)27(17)24-18/h1-4,7-8,14H,5-6,9-13H2. The number of anilines is 1. The van der Waals surface area contributed by atoms with Gasteiger partial charge in [0.05, 0.1) is 6.42 Å². The molecule has 1 aliphatic carbocycles. The molecule has 1 aromatic carbocycles. The Kier molecular flexibility index (Phi) is 4.18. The van der Waals surface area contributed by atoms with E-state index in [-0.39, 0.29) is 18.1 Å². The lowest BCUT2D eigenvalue weighted by Gasteiger charge is -2.35. The molecule has 0 radical (unpaired) electrons. The Bertz CT molecular complexity index is 1020. The highest BCUT2D eigenvalue weighted by molar-refractivity contribution is 5.79. The van der Waals surface area contributed by atoms with Gasteiger partial charge in [0, 0.05) is 32.1 Å². The first-order chi connectivity index (χ1) is 13.7. The molecule has 1 saturated heterocycles. The van der Waals surface area contributed by atoms with E-state index < -0.39 is 0 Å². The minimum Gasteiger partial charge on any atom is -0.352 e. The van der Waals surface area contributed by atoms with Gasteiger partial charge in [-0.1, -0.05) is 18.2 Å². The third-order valence-corrected chi connectivity index (χ3v) is 5.47. The topological polar surface area (TPSA) is 66.6 Å². The summed E-state index contributed by atoms with van der Waals surface area (Å²) in [6, 6.07) is 10.3. The van der Waals surface area contributed by atoms with E-state index in [2.05, 4.69) is 15.1 Å². The van der Waals surface area contributed by atoms with Crippen LogP contribution in [0.4, 0.5) is 10.2 Å². The molecular formula is C20H21FN6O. The number of rotatable bonds is 4. The highest BCUT2D eigenvalue weighted by Crippen LogP contribution is 2.38. The van der Waals surface area contributed by atoms with Gasteiger partial charge in [-0.15, -0.1) is 15.3 Å². The fraction of sp³-hybridized carbons (Fsp3) is 0.400. The van der Waals surface area contributed by atoms with E-state index in [0.717, 1.165) is 30.1 Å². The van der Waals surface area contributed by atoms with Crippen LogP contribution in [0, 0.1) is 5.82 Å². The van der Waals surface area contributed by atoms with Crippen molar-refractivity contribution in [3.05, 3.63) is 53.6 Å². The molecule has 0 atom stereocenters. The van der Waals surface area contributed by atoms with Crippen molar-refractivity contribution in [1.29, 1.82) is 0 Å². The summed E-state index contributed by atoms with van der Waals surface area (Å²) in [5.74, 6) is 1.92. The lowest BCUT2D eigenvalue weighted by atomic mass is 10.1. The number of benzene rings is 1. The summed E-state index contributed by atoms with van der Waals surface area (Å²) in [4.78, 5) is 16.5. The first-order valence-electron chi connectivity index (χ1n) is 9.67. The van der Waals surface area contributed by atoms with E-state index in [9.17, 15) is 9.18 Å². The molecule has 1 amide bonds. The number of hydrogen-bond acceptors (Lipinski definition) is 5. The van der Waals surface area contributed by atoms with Gasteiger partial charge in [0.1, 0.15) is 11.6 Å². The van der Waals surface area contributed by atoms with Crippen LogP contribution in [0.1, 0.15) is 30.1 Å². The Morgan fingerprint density at radius 2 is 1.82 bits per heavy atom. The van der Waals surface area contributed by atoms with Gasteiger partial charge in [-0.2, -0.15) is 4.52 Å². The Balaban J connectivity index is 1.25. The van der Waals surface area contributed by atoms with Gasteiger partial charge in [0.25, 0.3) is 0 Å². The first-order valence-corrected chi connectivity index (χ1v) is 9.67. The van der Waals surface area contributed by atoms with Crippen molar-refractivity contribution >= 4 is 17.4 Å². The first kappa shape index (κ1) is 17.1. The average Bonchev–Trinajstić information content (AvgIpc) is 3.48. The van der Waals surface area contributed by atoms with Gasteiger partial charge >= 0.3 is 0 Å². The molecule has 0 bridgehead atoms. The van der Waals surface area contributed by atoms with Gasteiger partial charge in [0.15, 0.2) is 11.5 Å². The van der Waals surface area contributed by atoms with E-state index in [1.807, 2.05) is 16.6 Å². The zero-order valence-electron chi connectivity index (χ0n) is 15.5. The molecule has 3 aromatic rings. The van der Waals surface area contributed by atoms with Crippen LogP contribution in [-0.2, 0) is 11.2 Å². The van der Waals surface area contributed by atoms with Crippen LogP contribution >= 0.6 is 0 Å². The maximum Gasteiger partial charge on any atom is 0.227 e. The summed E-state index contributed by atoms with van der Waals surface area (Å²) in [6.45, 7) is 2.60. The predicted octanol–water partition coefficient (Wildman–Crippen LogP) is 2.03. The summed E-state index contributed by atoms with van der Waals surface area (Å²) in [6.07, 6.45) is 2.40. The Morgan fingerprint density at radius 1 is 1.04 bits per heavy atom. The summed E-state index contributed by atoms with van der Waals surface area (Å²) in [5, 5.41) is 13.2. The number of carbonyl (C=O) groups is 1. The number of amides is 1. The molecule has 5 rings (SSSR count). The fourth-order valence-corrected chi connectivity index (χ4v) is 3.66. The van der Waals surface area contributed by atoms with Crippen molar-refractivity contribution in [2.45, 2.75) is 25.2 Å². The Morgan fingerprint density at radius 3 is 2.57 bits per heavy atom. The summed E-state index contributed by atoms with van der Waals surface area (Å²) in [7, 11) is 0. The Labute approximate surface area is 161 Å². The van der Waals surface area contributed by atoms with Crippen LogP contribution in [0.15, 0.2) is 36.4 Å². The van der Waals surface area contributed by atoms with Gasteiger partial charge in [0.2, 0.25) is 5.91 Å². The molecular weight excluding hydrogens is 359 g/mol. The molecule has 2 fully saturated rings. The summed E-state index contributed by atoms with van der Waals surface area (Å²) >= 11 is 0. The Hall–Kier alpha value is -3.03. The number of piperazine rings is 1. The fourth-order valence-electron chi connectivity index (χ4n) is 3.66. The number of nitrogens with zero attached hydrogens (tertiary/aromatic N) is 6. The SMILES string of the molecule is O=C(Cc1ccccc1F)N1CCN(c2ccc3nnc(C4CC4)n3n2)CC1. The van der Waals surface area contributed by atoms with Gasteiger partial charge in [-0.25, -0.2) is 4.39 Å². The minimum absolute atomic E-state index is 0.0389. The molecule has 2 aromatic heterocycles. The lowest BCUT2D eigenvalue weighted by Crippen LogP contribution is -2.49. The number of hydrogen-bond donors (Lipinski definition) is 0. The lowest BCUT2D eigenvalue weighted by molar-refractivity contribution is -0.130. The van der Waals surface area contributed by atoms with Crippen LogP contribution < -0.4 is 4.90 Å². The highest BCUT2D eigenvalue weighted by Gasteiger charge is 2.30. The normalized spacial score (nSPS) is 17.3. The highest BCUT2D eigenvalue weighted by atomic mass is 19.1. The summed E-state index contributed by atoms with van der Waals surface area (Å²) in [5.41, 5.74) is 1.21. The molecule has 7 nitrogen and oxygen atoms in total. The van der Waals surface area contributed by atoms with Crippen molar-refractivity contribution < 1.29 is 9.18 Å². The number of fused-ring (bicyclic) bond motifs is 1. The van der Waals surface area contributed by atoms with Crippen LogP contribution in [0.5, 0.6) is 0 Å². The van der Waals surface area contributed by atoms with Crippen molar-refractivity contribution in [1.82, 2.24) is 24.7 Å². The average molecular weight is 380 g/mol. The maximum absolute atomic E-state index is 13.8. The number of aromatic nitrogens is 4. The third kappa shape index (κ3) is 3.19. The minimum atomic E-state index is -0.326. The molecule has 0 spiro atoms. The number of halogens is 1. The van der Waals surface area contributed by atoms with Crippen LogP contribution in [0.3, 0.4) is 0 Å².